The number of nitrogens with one attached hydrogen (secondary N) is 1. The molecule has 0 fully saturated rings. The van der Waals surface area contributed by atoms with Crippen molar-refractivity contribution < 1.29 is 0 Å². The van der Waals surface area contributed by atoms with Gasteiger partial charge in [0.05, 0.1) is 22.4 Å². The molecule has 0 saturated heterocycles. The van der Waals surface area contributed by atoms with Crippen molar-refractivity contribution in [3.05, 3.63) is 46.2 Å². The molecule has 1 aliphatic heterocycles. The van der Waals surface area contributed by atoms with E-state index in [2.05, 4.69) is 57.5 Å². The summed E-state index contributed by atoms with van der Waals surface area (Å²) in [7, 11) is 2.02. The van der Waals surface area contributed by atoms with Gasteiger partial charge in [0.15, 0.2) is 0 Å². The molecular formula is C16H20BrN3S. The summed E-state index contributed by atoms with van der Waals surface area (Å²) in [5.41, 5.74) is 2.71. The lowest BCUT2D eigenvalue weighted by molar-refractivity contribution is 0.479. The first-order valence-electron chi connectivity index (χ1n) is 7.36. The van der Waals surface area contributed by atoms with Gasteiger partial charge >= 0.3 is 0 Å². The second-order valence-corrected chi connectivity index (χ2v) is 7.54. The van der Waals surface area contributed by atoms with E-state index in [1.807, 2.05) is 29.7 Å². The minimum atomic E-state index is 0.309. The molecule has 2 unspecified atom stereocenters. The Morgan fingerprint density at radius 3 is 2.95 bits per heavy atom. The van der Waals surface area contributed by atoms with Gasteiger partial charge in [-0.15, -0.1) is 11.8 Å². The quantitative estimate of drug-likeness (QED) is 0.869. The summed E-state index contributed by atoms with van der Waals surface area (Å²) in [5, 5.41) is 8.62. The second kappa shape index (κ2) is 6.55. The Morgan fingerprint density at radius 1 is 1.48 bits per heavy atom. The molecule has 1 aromatic carbocycles. The summed E-state index contributed by atoms with van der Waals surface area (Å²) in [6.07, 6.45) is 4.14. The Bertz CT molecular complexity index is 581. The van der Waals surface area contributed by atoms with Crippen molar-refractivity contribution in [1.82, 2.24) is 15.1 Å². The van der Waals surface area contributed by atoms with Crippen LogP contribution in [-0.4, -0.2) is 21.6 Å². The lowest BCUT2D eigenvalue weighted by atomic mass is 10.0. The summed E-state index contributed by atoms with van der Waals surface area (Å²) in [6.45, 7) is 3.23. The molecule has 0 aliphatic carbocycles. The van der Waals surface area contributed by atoms with Gasteiger partial charge < -0.3 is 5.32 Å². The maximum atomic E-state index is 4.39. The molecule has 1 aliphatic rings. The molecule has 3 rings (SSSR count). The van der Waals surface area contributed by atoms with E-state index in [1.165, 1.54) is 16.2 Å². The highest BCUT2D eigenvalue weighted by atomic mass is 79.9. The van der Waals surface area contributed by atoms with Crippen molar-refractivity contribution in [2.75, 3.05) is 6.54 Å². The number of halogens is 1. The molecule has 0 amide bonds. The minimum Gasteiger partial charge on any atom is -0.308 e. The zero-order valence-electron chi connectivity index (χ0n) is 12.3. The molecule has 1 N–H and O–H groups in total. The fourth-order valence-electron chi connectivity index (χ4n) is 2.87. The molecule has 2 atom stereocenters. The summed E-state index contributed by atoms with van der Waals surface area (Å²) < 4.78 is 3.08. The summed E-state index contributed by atoms with van der Waals surface area (Å²) in [4.78, 5) is 1.42. The highest BCUT2D eigenvalue weighted by Gasteiger charge is 2.32. The van der Waals surface area contributed by atoms with Gasteiger partial charge in [-0.3, -0.25) is 4.68 Å². The molecule has 1 aromatic heterocycles. The lowest BCUT2D eigenvalue weighted by Gasteiger charge is -2.25. The molecule has 0 radical (unpaired) electrons. The Hall–Kier alpha value is -0.780. The van der Waals surface area contributed by atoms with E-state index in [1.54, 1.807) is 0 Å². The average molecular weight is 366 g/mol. The first-order valence-corrected chi connectivity index (χ1v) is 9.03. The van der Waals surface area contributed by atoms with Crippen molar-refractivity contribution in [3.8, 4) is 0 Å². The number of hydrogen-bond acceptors (Lipinski definition) is 3. The van der Waals surface area contributed by atoms with Crippen molar-refractivity contribution in [2.24, 2.45) is 7.05 Å². The Labute approximate surface area is 138 Å². The second-order valence-electron chi connectivity index (χ2n) is 5.40. The molecule has 5 heteroatoms. The summed E-state index contributed by atoms with van der Waals surface area (Å²) >= 11 is 5.65. The van der Waals surface area contributed by atoms with Crippen LogP contribution in [0.3, 0.4) is 0 Å². The van der Waals surface area contributed by atoms with Gasteiger partial charge in [0, 0.05) is 17.2 Å². The van der Waals surface area contributed by atoms with Crippen molar-refractivity contribution in [1.29, 1.82) is 0 Å². The maximum absolute atomic E-state index is 4.39. The van der Waals surface area contributed by atoms with Gasteiger partial charge in [0.25, 0.3) is 0 Å². The van der Waals surface area contributed by atoms with Crippen LogP contribution >= 0.6 is 27.7 Å². The summed E-state index contributed by atoms with van der Waals surface area (Å²) in [5.74, 6) is 0. The van der Waals surface area contributed by atoms with Gasteiger partial charge in [-0.2, -0.15) is 5.10 Å². The predicted octanol–water partition coefficient (Wildman–Crippen LogP) is 3.94. The van der Waals surface area contributed by atoms with Crippen molar-refractivity contribution in [3.63, 3.8) is 0 Å². The van der Waals surface area contributed by atoms with Crippen LogP contribution in [0.5, 0.6) is 0 Å². The average Bonchev–Trinajstić information content (AvgIpc) is 3.05. The van der Waals surface area contributed by atoms with Crippen LogP contribution in [0.1, 0.15) is 30.6 Å². The first kappa shape index (κ1) is 15.1. The van der Waals surface area contributed by atoms with Crippen LogP contribution in [-0.2, 0) is 13.5 Å². The molecule has 0 bridgehead atoms. The SMILES string of the molecule is CCCNC(c1c(Br)cnn1C)C1Cc2ccccc2S1. The lowest BCUT2D eigenvalue weighted by Crippen LogP contribution is -2.32. The number of benzene rings is 1. The third-order valence-corrected chi connectivity index (χ3v) is 5.90. The molecule has 0 spiro atoms. The van der Waals surface area contributed by atoms with Crippen LogP contribution in [0, 0.1) is 0 Å². The molecule has 112 valence electrons. The van der Waals surface area contributed by atoms with Crippen molar-refractivity contribution in [2.45, 2.75) is 36.0 Å². The number of rotatable bonds is 5. The number of thioether (sulfide) groups is 1. The molecule has 21 heavy (non-hydrogen) atoms. The minimum absolute atomic E-state index is 0.309. The summed E-state index contributed by atoms with van der Waals surface area (Å²) in [6, 6.07) is 9.05. The third-order valence-electron chi connectivity index (χ3n) is 3.89. The molecule has 2 heterocycles. The van der Waals surface area contributed by atoms with Crippen LogP contribution in [0.25, 0.3) is 0 Å². The third kappa shape index (κ3) is 3.05. The van der Waals surface area contributed by atoms with Gasteiger partial charge in [0.2, 0.25) is 0 Å². The highest BCUT2D eigenvalue weighted by molar-refractivity contribution is 9.10. The maximum Gasteiger partial charge on any atom is 0.0703 e. The number of aromatic nitrogens is 2. The highest BCUT2D eigenvalue weighted by Crippen LogP contribution is 2.43. The molecule has 0 saturated carbocycles. The van der Waals surface area contributed by atoms with Crippen LogP contribution in [0.4, 0.5) is 0 Å². The van der Waals surface area contributed by atoms with Gasteiger partial charge in [-0.25, -0.2) is 0 Å². The van der Waals surface area contributed by atoms with Gasteiger partial charge in [-0.05, 0) is 46.9 Å². The van der Waals surface area contributed by atoms with E-state index in [9.17, 15) is 0 Å². The Kier molecular flexibility index (Phi) is 4.72. The van der Waals surface area contributed by atoms with Crippen LogP contribution in [0.2, 0.25) is 0 Å². The number of fused-ring (bicyclic) bond motifs is 1. The fourth-order valence-corrected chi connectivity index (χ4v) is 4.87. The van der Waals surface area contributed by atoms with E-state index in [0.29, 0.717) is 11.3 Å². The topological polar surface area (TPSA) is 29.9 Å². The molecule has 2 aromatic rings. The van der Waals surface area contributed by atoms with Crippen LogP contribution in [0.15, 0.2) is 39.8 Å². The van der Waals surface area contributed by atoms with Crippen LogP contribution < -0.4 is 5.32 Å². The van der Waals surface area contributed by atoms with E-state index < -0.39 is 0 Å². The van der Waals surface area contributed by atoms with Gasteiger partial charge in [-0.1, -0.05) is 25.1 Å². The van der Waals surface area contributed by atoms with E-state index in [-0.39, 0.29) is 0 Å². The predicted molar refractivity (Wildman–Crippen MR) is 91.7 cm³/mol. The number of nitrogens with zero attached hydrogens (tertiary/aromatic N) is 2. The zero-order valence-corrected chi connectivity index (χ0v) is 14.7. The fraction of sp³-hybridized carbons (Fsp3) is 0.438. The van der Waals surface area contributed by atoms with Crippen molar-refractivity contribution >= 4 is 27.7 Å². The Balaban J connectivity index is 1.88. The first-order chi connectivity index (χ1) is 10.2. The van der Waals surface area contributed by atoms with E-state index >= 15 is 0 Å². The monoisotopic (exact) mass is 365 g/mol. The molecule has 3 nitrogen and oxygen atoms in total. The van der Waals surface area contributed by atoms with E-state index in [4.69, 9.17) is 0 Å². The van der Waals surface area contributed by atoms with Gasteiger partial charge in [0.1, 0.15) is 0 Å². The van der Waals surface area contributed by atoms with E-state index in [0.717, 1.165) is 23.9 Å². The molecular weight excluding hydrogens is 346 g/mol. The number of hydrogen-bond donors (Lipinski definition) is 1. The standard InChI is InChI=1S/C16H20BrN3S/c1-3-8-18-15(16-12(17)10-19-20(16)2)14-9-11-6-4-5-7-13(11)21-14/h4-7,10,14-15,18H,3,8-9H2,1-2H3. The Morgan fingerprint density at radius 2 is 2.29 bits per heavy atom. The normalized spacial score (nSPS) is 18.7. The number of aryl methyl sites for hydroxylation is 1. The zero-order chi connectivity index (χ0) is 14.8. The largest absolute Gasteiger partial charge is 0.308 e. The smallest absolute Gasteiger partial charge is 0.0703 e.